The Kier molecular flexibility index (Phi) is 5.82. The van der Waals surface area contributed by atoms with E-state index in [4.69, 9.17) is 9.26 Å². The molecule has 21 heavy (non-hydrogen) atoms. The second kappa shape index (κ2) is 7.61. The Hall–Kier alpha value is -1.33. The molecule has 2 rings (SSSR count). The highest BCUT2D eigenvalue weighted by molar-refractivity contribution is 9.10. The Labute approximate surface area is 134 Å². The fraction of sp³-hybridized carbons (Fsp3) is 0.438. The molecular weight excluding hydrogens is 332 g/mol. The maximum absolute atomic E-state index is 5.73. The minimum Gasteiger partial charge on any atom is -0.484 e. The maximum Gasteiger partial charge on any atom is 0.174 e. The van der Waals surface area contributed by atoms with Gasteiger partial charge in [-0.05, 0) is 53.0 Å². The van der Waals surface area contributed by atoms with Crippen molar-refractivity contribution in [3.05, 3.63) is 45.8 Å². The first-order valence-electron chi connectivity index (χ1n) is 7.08. The molecule has 0 fully saturated rings. The van der Waals surface area contributed by atoms with Crippen LogP contribution in [0.1, 0.15) is 30.9 Å². The Bertz CT molecular complexity index is 581. The molecule has 0 aliphatic carbocycles. The largest absolute Gasteiger partial charge is 0.484 e. The molecule has 2 aromatic rings. The van der Waals surface area contributed by atoms with Crippen LogP contribution in [-0.4, -0.2) is 11.7 Å². The van der Waals surface area contributed by atoms with Crippen molar-refractivity contribution in [2.75, 3.05) is 6.54 Å². The first-order chi connectivity index (χ1) is 10.0. The van der Waals surface area contributed by atoms with Gasteiger partial charge in [0, 0.05) is 12.6 Å². The van der Waals surface area contributed by atoms with Gasteiger partial charge in [-0.25, -0.2) is 0 Å². The lowest BCUT2D eigenvalue weighted by atomic mass is 10.2. The molecule has 1 aromatic carbocycles. The first-order valence-corrected chi connectivity index (χ1v) is 7.88. The van der Waals surface area contributed by atoms with Gasteiger partial charge in [-0.2, -0.15) is 0 Å². The van der Waals surface area contributed by atoms with Crippen LogP contribution in [0.15, 0.2) is 33.3 Å². The minimum absolute atomic E-state index is 0.379. The quantitative estimate of drug-likeness (QED) is 0.815. The van der Waals surface area contributed by atoms with Gasteiger partial charge in [0.25, 0.3) is 0 Å². The van der Waals surface area contributed by atoms with Crippen molar-refractivity contribution in [3.8, 4) is 5.75 Å². The van der Waals surface area contributed by atoms with Crippen molar-refractivity contribution in [2.45, 2.75) is 33.9 Å². The average Bonchev–Trinajstić information content (AvgIpc) is 2.83. The Balaban J connectivity index is 1.89. The van der Waals surface area contributed by atoms with Gasteiger partial charge in [-0.15, -0.1) is 0 Å². The maximum atomic E-state index is 5.73. The molecule has 0 atom stereocenters. The Morgan fingerprint density at radius 1 is 1.33 bits per heavy atom. The minimum atomic E-state index is 0.379. The number of ether oxygens (including phenoxy) is 1. The molecule has 0 saturated carbocycles. The van der Waals surface area contributed by atoms with Crippen LogP contribution < -0.4 is 10.1 Å². The Morgan fingerprint density at radius 2 is 2.14 bits per heavy atom. The third-order valence-corrected chi connectivity index (χ3v) is 3.54. The zero-order valence-electron chi connectivity index (χ0n) is 12.6. The number of benzene rings is 1. The molecule has 0 radical (unpaired) electrons. The highest BCUT2D eigenvalue weighted by Crippen LogP contribution is 2.27. The molecule has 0 unspecified atom stereocenters. The molecule has 114 valence electrons. The van der Waals surface area contributed by atoms with Crippen LogP contribution in [-0.2, 0) is 13.2 Å². The van der Waals surface area contributed by atoms with Crippen LogP contribution >= 0.6 is 15.9 Å². The SMILES string of the molecule is Cc1cc(COc2ccc(CNCC(C)C)cc2Br)on1. The van der Waals surface area contributed by atoms with Gasteiger partial charge in [-0.1, -0.05) is 25.1 Å². The van der Waals surface area contributed by atoms with E-state index in [1.807, 2.05) is 19.1 Å². The number of aryl methyl sites for hydroxylation is 1. The fourth-order valence-corrected chi connectivity index (χ4v) is 2.45. The van der Waals surface area contributed by atoms with Gasteiger partial charge in [0.15, 0.2) is 5.76 Å². The van der Waals surface area contributed by atoms with Crippen molar-refractivity contribution in [3.63, 3.8) is 0 Å². The predicted octanol–water partition coefficient (Wildman–Crippen LogP) is 4.07. The topological polar surface area (TPSA) is 47.3 Å². The summed E-state index contributed by atoms with van der Waals surface area (Å²) in [7, 11) is 0. The standard InChI is InChI=1S/C16H21BrN2O2/c1-11(2)8-18-9-13-4-5-16(15(17)7-13)20-10-14-6-12(3)19-21-14/h4-7,11,18H,8-10H2,1-3H3. The van der Waals surface area contributed by atoms with Gasteiger partial charge in [0.1, 0.15) is 12.4 Å². The number of hydrogen-bond donors (Lipinski definition) is 1. The van der Waals surface area contributed by atoms with Gasteiger partial charge >= 0.3 is 0 Å². The molecule has 5 heteroatoms. The number of nitrogens with zero attached hydrogens (tertiary/aromatic N) is 1. The third kappa shape index (κ3) is 5.17. The second-order valence-corrected chi connectivity index (χ2v) is 6.37. The van der Waals surface area contributed by atoms with Crippen LogP contribution in [0.2, 0.25) is 0 Å². The molecule has 1 aromatic heterocycles. The van der Waals surface area contributed by atoms with Gasteiger partial charge in [-0.3, -0.25) is 0 Å². The van der Waals surface area contributed by atoms with Crippen molar-refractivity contribution >= 4 is 15.9 Å². The summed E-state index contributed by atoms with van der Waals surface area (Å²) >= 11 is 3.55. The summed E-state index contributed by atoms with van der Waals surface area (Å²) in [5.41, 5.74) is 2.09. The van der Waals surface area contributed by atoms with Crippen LogP contribution in [0.4, 0.5) is 0 Å². The zero-order chi connectivity index (χ0) is 15.2. The zero-order valence-corrected chi connectivity index (χ0v) is 14.2. The lowest BCUT2D eigenvalue weighted by Crippen LogP contribution is -2.18. The molecule has 0 amide bonds. The van der Waals surface area contributed by atoms with E-state index in [0.29, 0.717) is 12.5 Å². The van der Waals surface area contributed by atoms with Crippen LogP contribution in [0, 0.1) is 12.8 Å². The number of rotatable bonds is 7. The first kappa shape index (κ1) is 16.0. The van der Waals surface area contributed by atoms with Crippen LogP contribution in [0.5, 0.6) is 5.75 Å². The summed E-state index contributed by atoms with van der Waals surface area (Å²) in [5, 5.41) is 7.26. The Morgan fingerprint density at radius 3 is 2.76 bits per heavy atom. The molecule has 0 aliphatic rings. The van der Waals surface area contributed by atoms with Crippen molar-refractivity contribution in [1.82, 2.24) is 10.5 Å². The number of hydrogen-bond acceptors (Lipinski definition) is 4. The summed E-state index contributed by atoms with van der Waals surface area (Å²) in [5.74, 6) is 2.18. The molecular formula is C16H21BrN2O2. The van der Waals surface area contributed by atoms with E-state index in [1.165, 1.54) is 5.56 Å². The molecule has 0 aliphatic heterocycles. The molecule has 0 saturated heterocycles. The second-order valence-electron chi connectivity index (χ2n) is 5.51. The molecule has 1 heterocycles. The lowest BCUT2D eigenvalue weighted by molar-refractivity contribution is 0.247. The monoisotopic (exact) mass is 352 g/mol. The van der Waals surface area contributed by atoms with Crippen LogP contribution in [0.25, 0.3) is 0 Å². The summed E-state index contributed by atoms with van der Waals surface area (Å²) in [6.07, 6.45) is 0. The normalized spacial score (nSPS) is 11.1. The van der Waals surface area contributed by atoms with Crippen molar-refractivity contribution in [1.29, 1.82) is 0 Å². The van der Waals surface area contributed by atoms with E-state index in [0.717, 1.165) is 34.8 Å². The molecule has 0 bridgehead atoms. The average molecular weight is 353 g/mol. The fourth-order valence-electron chi connectivity index (χ4n) is 1.91. The summed E-state index contributed by atoms with van der Waals surface area (Å²) in [4.78, 5) is 0. The summed E-state index contributed by atoms with van der Waals surface area (Å²) in [6.45, 7) is 8.54. The van der Waals surface area contributed by atoms with E-state index in [2.05, 4.69) is 52.4 Å². The molecule has 0 spiro atoms. The third-order valence-electron chi connectivity index (χ3n) is 2.92. The van der Waals surface area contributed by atoms with Crippen molar-refractivity contribution in [2.24, 2.45) is 5.92 Å². The van der Waals surface area contributed by atoms with Gasteiger partial charge in [0.05, 0.1) is 10.2 Å². The molecule has 4 nitrogen and oxygen atoms in total. The van der Waals surface area contributed by atoms with Crippen LogP contribution in [0.3, 0.4) is 0 Å². The lowest BCUT2D eigenvalue weighted by Gasteiger charge is -2.10. The smallest absolute Gasteiger partial charge is 0.174 e. The van der Waals surface area contributed by atoms with Gasteiger partial charge < -0.3 is 14.6 Å². The number of halogens is 1. The van der Waals surface area contributed by atoms with E-state index >= 15 is 0 Å². The van der Waals surface area contributed by atoms with E-state index in [9.17, 15) is 0 Å². The number of aromatic nitrogens is 1. The van der Waals surface area contributed by atoms with Gasteiger partial charge in [0.2, 0.25) is 0 Å². The molecule has 1 N–H and O–H groups in total. The summed E-state index contributed by atoms with van der Waals surface area (Å²) < 4.78 is 11.8. The summed E-state index contributed by atoms with van der Waals surface area (Å²) in [6, 6.07) is 7.99. The van der Waals surface area contributed by atoms with E-state index in [-0.39, 0.29) is 0 Å². The number of nitrogens with one attached hydrogen (secondary N) is 1. The predicted molar refractivity (Wildman–Crippen MR) is 86.3 cm³/mol. The van der Waals surface area contributed by atoms with Crippen molar-refractivity contribution < 1.29 is 9.26 Å². The highest BCUT2D eigenvalue weighted by atomic mass is 79.9. The van der Waals surface area contributed by atoms with E-state index in [1.54, 1.807) is 0 Å². The van der Waals surface area contributed by atoms with E-state index < -0.39 is 0 Å². The highest BCUT2D eigenvalue weighted by Gasteiger charge is 2.06.